The van der Waals surface area contributed by atoms with Gasteiger partial charge in [0.25, 0.3) is 7.82 Å². The van der Waals surface area contributed by atoms with Gasteiger partial charge in [-0.2, -0.15) is 0 Å². The zero-order valence-electron chi connectivity index (χ0n) is 43.1. The van der Waals surface area contributed by atoms with Gasteiger partial charge in [-0.1, -0.05) is 195 Å². The number of esters is 1. The Morgan fingerprint density at radius 3 is 1.33 bits per heavy atom. The van der Waals surface area contributed by atoms with E-state index in [1.54, 1.807) is 0 Å². The van der Waals surface area contributed by atoms with Crippen molar-refractivity contribution in [2.45, 2.75) is 206 Å². The molecule has 0 saturated heterocycles. The van der Waals surface area contributed by atoms with E-state index in [2.05, 4.69) is 111 Å². The van der Waals surface area contributed by atoms with Gasteiger partial charge in [0, 0.05) is 13.0 Å². The minimum absolute atomic E-state index is 0.0148. The molecule has 380 valence electrons. The van der Waals surface area contributed by atoms with E-state index < -0.39 is 13.9 Å². The van der Waals surface area contributed by atoms with Crippen LogP contribution in [0.4, 0.5) is 0 Å². The smallest absolute Gasteiger partial charge is 0.306 e. The van der Waals surface area contributed by atoms with Crippen molar-refractivity contribution in [3.63, 3.8) is 0 Å². The predicted octanol–water partition coefficient (Wildman–Crippen LogP) is 15.9. The lowest BCUT2D eigenvalue weighted by Gasteiger charge is -2.28. The topological polar surface area (TPSA) is 94.1 Å². The van der Waals surface area contributed by atoms with Crippen LogP contribution in [0.25, 0.3) is 0 Å². The summed E-state index contributed by atoms with van der Waals surface area (Å²) in [6.07, 6.45) is 67.2. The lowest BCUT2D eigenvalue weighted by Crippen LogP contribution is -2.37. The van der Waals surface area contributed by atoms with E-state index in [1.165, 1.54) is 83.5 Å². The van der Waals surface area contributed by atoms with Gasteiger partial charge < -0.3 is 27.9 Å². The molecule has 0 rings (SSSR count). The lowest BCUT2D eigenvalue weighted by atomic mass is 10.1. The minimum atomic E-state index is -4.55. The number of nitrogens with zero attached hydrogens (tertiary/aromatic N) is 1. The van der Waals surface area contributed by atoms with Crippen LogP contribution in [0.3, 0.4) is 0 Å². The highest BCUT2D eigenvalue weighted by molar-refractivity contribution is 7.45. The Balaban J connectivity index is 4.23. The maximum absolute atomic E-state index is 12.8. The van der Waals surface area contributed by atoms with Crippen molar-refractivity contribution < 1.29 is 37.3 Å². The molecule has 0 spiro atoms. The van der Waals surface area contributed by atoms with E-state index in [1.807, 2.05) is 21.1 Å². The number of carbonyl (C=O) groups excluding carboxylic acids is 1. The molecule has 0 aromatic carbocycles. The summed E-state index contributed by atoms with van der Waals surface area (Å²) in [4.78, 5) is 25.2. The minimum Gasteiger partial charge on any atom is -0.756 e. The van der Waals surface area contributed by atoms with Crippen molar-refractivity contribution >= 4 is 13.8 Å². The van der Waals surface area contributed by atoms with Crippen molar-refractivity contribution in [2.24, 2.45) is 0 Å². The number of hydrogen-bond acceptors (Lipinski definition) is 7. The van der Waals surface area contributed by atoms with Gasteiger partial charge >= 0.3 is 5.97 Å². The summed E-state index contributed by atoms with van der Waals surface area (Å²) < 4.78 is 34.7. The summed E-state index contributed by atoms with van der Waals surface area (Å²) in [6.45, 7) is 5.22. The number of quaternary nitrogens is 1. The highest BCUT2D eigenvalue weighted by Gasteiger charge is 2.20. The normalized spacial score (nSPS) is 14.3. The molecule has 2 unspecified atom stereocenters. The van der Waals surface area contributed by atoms with Crippen molar-refractivity contribution in [1.29, 1.82) is 0 Å². The summed E-state index contributed by atoms with van der Waals surface area (Å²) in [5, 5.41) is 0. The van der Waals surface area contributed by atoms with E-state index in [-0.39, 0.29) is 25.8 Å². The number of allylic oxidation sites excluding steroid dienone is 16. The van der Waals surface area contributed by atoms with Gasteiger partial charge in [0.2, 0.25) is 0 Å². The molecule has 0 saturated carbocycles. The molecule has 0 radical (unpaired) electrons. The van der Waals surface area contributed by atoms with Crippen LogP contribution in [-0.4, -0.2) is 70.7 Å². The number of carbonyl (C=O) groups is 1. The fourth-order valence-corrected chi connectivity index (χ4v) is 7.54. The quantitative estimate of drug-likeness (QED) is 0.0197. The first-order chi connectivity index (χ1) is 32.1. The Hall–Kier alpha value is -2.58. The maximum atomic E-state index is 12.8. The monoisotopic (exact) mass is 942 g/mol. The van der Waals surface area contributed by atoms with Crippen LogP contribution < -0.4 is 4.89 Å². The van der Waals surface area contributed by atoms with E-state index in [9.17, 15) is 14.3 Å². The fourth-order valence-electron chi connectivity index (χ4n) is 6.81. The molecule has 0 bridgehead atoms. The molecule has 0 amide bonds. The van der Waals surface area contributed by atoms with Crippen LogP contribution in [0.15, 0.2) is 97.2 Å². The number of phosphoric ester groups is 1. The summed E-state index contributed by atoms with van der Waals surface area (Å²) in [6, 6.07) is 0. The number of phosphoric acid groups is 1. The van der Waals surface area contributed by atoms with Crippen LogP contribution in [0.2, 0.25) is 0 Å². The highest BCUT2D eigenvalue weighted by Crippen LogP contribution is 2.38. The number of unbranched alkanes of at least 4 members (excludes halogenated alkanes) is 18. The van der Waals surface area contributed by atoms with Crippen LogP contribution in [0.1, 0.15) is 200 Å². The van der Waals surface area contributed by atoms with Crippen LogP contribution in [-0.2, 0) is 27.9 Å². The largest absolute Gasteiger partial charge is 0.756 e. The van der Waals surface area contributed by atoms with Crippen LogP contribution in [0.5, 0.6) is 0 Å². The predicted molar refractivity (Wildman–Crippen MR) is 281 cm³/mol. The SMILES string of the molecule is CC/C=C\C/C=C\C/C=C\C/C=C\C/C=C\C/C=C\C/C=C\CCCCCCOCC(COP(=O)([O-])OCC[N+](C)(C)C)OC(=O)CCCCCCCCC/C=C\CCCCCCCCC. The van der Waals surface area contributed by atoms with Gasteiger partial charge in [-0.3, -0.25) is 9.36 Å². The first-order valence-electron chi connectivity index (χ1n) is 26.5. The zero-order valence-corrected chi connectivity index (χ0v) is 44.0. The molecule has 0 aliphatic carbocycles. The van der Waals surface area contributed by atoms with Crippen LogP contribution >= 0.6 is 7.82 Å². The van der Waals surface area contributed by atoms with E-state index in [0.29, 0.717) is 24.1 Å². The molecule has 66 heavy (non-hydrogen) atoms. The molecule has 8 nitrogen and oxygen atoms in total. The van der Waals surface area contributed by atoms with Crippen molar-refractivity contribution in [3.05, 3.63) is 97.2 Å². The Kier molecular flexibility index (Phi) is 47.0. The maximum Gasteiger partial charge on any atom is 0.306 e. The molecule has 0 aliphatic heterocycles. The molecular formula is C57H100NO7P. The second-order valence-electron chi connectivity index (χ2n) is 18.5. The highest BCUT2D eigenvalue weighted by atomic mass is 31.2. The lowest BCUT2D eigenvalue weighted by molar-refractivity contribution is -0.870. The average molecular weight is 942 g/mol. The number of hydrogen-bond donors (Lipinski definition) is 0. The number of likely N-dealkylation sites (N-methyl/N-ethyl adjacent to an activating group) is 1. The van der Waals surface area contributed by atoms with Gasteiger partial charge in [0.1, 0.15) is 19.3 Å². The van der Waals surface area contributed by atoms with Crippen molar-refractivity contribution in [3.8, 4) is 0 Å². The Bertz CT molecular complexity index is 1370. The molecule has 0 aromatic heterocycles. The van der Waals surface area contributed by atoms with Gasteiger partial charge in [-0.05, 0) is 96.3 Å². The summed E-state index contributed by atoms with van der Waals surface area (Å²) in [5.74, 6) is -0.351. The van der Waals surface area contributed by atoms with Crippen LogP contribution in [0, 0.1) is 0 Å². The summed E-state index contributed by atoms with van der Waals surface area (Å²) in [7, 11) is 1.32. The van der Waals surface area contributed by atoms with Crippen molar-refractivity contribution in [2.75, 3.05) is 54.1 Å². The number of ether oxygens (including phenoxy) is 2. The fraction of sp³-hybridized carbons (Fsp3) is 0.702. The molecule has 0 N–H and O–H groups in total. The standard InChI is InChI=1S/C57H100NO7P/c1-6-8-10-12-14-16-18-20-22-24-26-27-28-29-30-31-32-33-35-37-39-41-43-45-47-49-52-62-54-56(55-64-66(60,61)63-53-51-58(3,4)5)65-57(59)50-48-46-44-42-40-38-36-34-25-23-21-19-17-15-13-11-9-7-2/h8,10,14,16,20,22-23,25-27,29-30,32-33,37,39,56H,6-7,9,11-13,15,17-19,21,24,28,31,34-36,38,40-55H2,1-5H3/b10-8-,16-14-,22-20-,25-23-,27-26-,30-29-,33-32-,39-37-. The van der Waals surface area contributed by atoms with E-state index in [0.717, 1.165) is 96.3 Å². The number of rotatable bonds is 48. The Morgan fingerprint density at radius 1 is 0.485 bits per heavy atom. The molecule has 9 heteroatoms. The Morgan fingerprint density at radius 2 is 0.879 bits per heavy atom. The zero-order chi connectivity index (χ0) is 48.3. The summed E-state index contributed by atoms with van der Waals surface area (Å²) >= 11 is 0. The molecular weight excluding hydrogens is 842 g/mol. The molecule has 0 aliphatic rings. The van der Waals surface area contributed by atoms with Gasteiger partial charge in [-0.15, -0.1) is 0 Å². The van der Waals surface area contributed by atoms with Gasteiger partial charge in [-0.25, -0.2) is 0 Å². The second kappa shape index (κ2) is 48.9. The summed E-state index contributed by atoms with van der Waals surface area (Å²) in [5.41, 5.74) is 0. The third-order valence-corrected chi connectivity index (χ3v) is 11.8. The van der Waals surface area contributed by atoms with Gasteiger partial charge in [0.15, 0.2) is 0 Å². The van der Waals surface area contributed by atoms with Gasteiger partial charge in [0.05, 0.1) is 34.4 Å². The third-order valence-electron chi connectivity index (χ3n) is 10.9. The molecule has 0 fully saturated rings. The molecule has 0 heterocycles. The van der Waals surface area contributed by atoms with E-state index >= 15 is 0 Å². The second-order valence-corrected chi connectivity index (χ2v) is 19.9. The molecule has 2 atom stereocenters. The first-order valence-corrected chi connectivity index (χ1v) is 27.9. The Labute approximate surface area is 407 Å². The average Bonchev–Trinajstić information content (AvgIpc) is 3.28. The first kappa shape index (κ1) is 63.4. The molecule has 0 aromatic rings. The van der Waals surface area contributed by atoms with E-state index in [4.69, 9.17) is 18.5 Å². The van der Waals surface area contributed by atoms with Crippen molar-refractivity contribution in [1.82, 2.24) is 0 Å². The third kappa shape index (κ3) is 52.4.